The number of aliphatic hydroxyl groups is 1. The lowest BCUT2D eigenvalue weighted by molar-refractivity contribution is 0.0933. The van der Waals surface area contributed by atoms with Gasteiger partial charge in [0.1, 0.15) is 5.76 Å². The van der Waals surface area contributed by atoms with Gasteiger partial charge in [-0.05, 0) is 37.0 Å². The van der Waals surface area contributed by atoms with Crippen molar-refractivity contribution in [2.45, 2.75) is 31.3 Å². The van der Waals surface area contributed by atoms with Crippen LogP contribution in [-0.2, 0) is 0 Å². The molecule has 1 aliphatic heterocycles. The Kier molecular flexibility index (Phi) is 3.86. The lowest BCUT2D eigenvalue weighted by Crippen LogP contribution is -2.25. The van der Waals surface area contributed by atoms with Crippen LogP contribution in [0.1, 0.15) is 53.1 Å². The van der Waals surface area contributed by atoms with E-state index in [1.54, 1.807) is 24.3 Å². The number of nitrogens with zero attached hydrogens (tertiary/aromatic N) is 1. The van der Waals surface area contributed by atoms with Crippen LogP contribution in [0.4, 0.5) is 0 Å². The predicted octanol–water partition coefficient (Wildman–Crippen LogP) is 2.13. The average Bonchev–Trinajstić information content (AvgIpc) is 3.13. The van der Waals surface area contributed by atoms with E-state index in [4.69, 9.17) is 14.0 Å². The summed E-state index contributed by atoms with van der Waals surface area (Å²) in [5, 5.41) is 16.8. The van der Waals surface area contributed by atoms with Crippen molar-refractivity contribution >= 4 is 5.91 Å². The van der Waals surface area contributed by atoms with E-state index in [1.165, 1.54) is 0 Å². The number of nitrogens with one attached hydrogen (secondary N) is 1. The van der Waals surface area contributed by atoms with Gasteiger partial charge in [-0.2, -0.15) is 0 Å². The number of rotatable bonds is 6. The highest BCUT2D eigenvalue weighted by atomic mass is 16.7. The van der Waals surface area contributed by atoms with E-state index in [0.717, 1.165) is 24.2 Å². The number of hydrogen-bond donors (Lipinski definition) is 2. The fourth-order valence-corrected chi connectivity index (χ4v) is 2.66. The molecule has 0 radical (unpaired) electrons. The summed E-state index contributed by atoms with van der Waals surface area (Å²) in [7, 11) is 0. The van der Waals surface area contributed by atoms with Gasteiger partial charge in [0.05, 0.1) is 6.10 Å². The molecule has 1 fully saturated rings. The highest BCUT2D eigenvalue weighted by Gasteiger charge is 2.28. The highest BCUT2D eigenvalue weighted by Crippen LogP contribution is 2.40. The van der Waals surface area contributed by atoms with Crippen molar-refractivity contribution < 1.29 is 23.9 Å². The van der Waals surface area contributed by atoms with E-state index >= 15 is 0 Å². The summed E-state index contributed by atoms with van der Waals surface area (Å²) < 4.78 is 15.7. The molecule has 1 aromatic heterocycles. The van der Waals surface area contributed by atoms with E-state index in [1.807, 2.05) is 0 Å². The summed E-state index contributed by atoms with van der Waals surface area (Å²) in [6.07, 6.45) is 1.88. The van der Waals surface area contributed by atoms with Gasteiger partial charge < -0.3 is 24.4 Å². The van der Waals surface area contributed by atoms with Crippen molar-refractivity contribution in [3.8, 4) is 11.5 Å². The molecule has 7 nitrogen and oxygen atoms in total. The summed E-state index contributed by atoms with van der Waals surface area (Å²) in [6, 6.07) is 7.02. The summed E-state index contributed by atoms with van der Waals surface area (Å²) in [5.41, 5.74) is 1.01. The SMILES string of the molecule is O=C(NCC[C@@H](O)c1ccc2c(c1)OCO2)c1cc(C2CC2)on1. The molecule has 2 aliphatic rings. The standard InChI is InChI=1S/C17H18N2O5/c20-13(11-3-4-14-16(7-11)23-9-22-14)5-6-18-17(21)12-8-15(24-19-12)10-1-2-10/h3-4,7-8,10,13,20H,1-2,5-6,9H2,(H,18,21)/t13-/m1/s1. The number of amides is 1. The van der Waals surface area contributed by atoms with Crippen molar-refractivity contribution in [2.24, 2.45) is 0 Å². The molecule has 2 heterocycles. The fraction of sp³-hybridized carbons (Fsp3) is 0.412. The van der Waals surface area contributed by atoms with Crippen LogP contribution in [0.3, 0.4) is 0 Å². The molecule has 1 atom stereocenters. The first-order valence-electron chi connectivity index (χ1n) is 8.03. The van der Waals surface area contributed by atoms with Crippen molar-refractivity contribution in [1.82, 2.24) is 10.5 Å². The third kappa shape index (κ3) is 3.07. The molecule has 0 bridgehead atoms. The van der Waals surface area contributed by atoms with Crippen LogP contribution in [0.15, 0.2) is 28.8 Å². The van der Waals surface area contributed by atoms with E-state index in [2.05, 4.69) is 10.5 Å². The number of hydrogen-bond acceptors (Lipinski definition) is 6. The maximum Gasteiger partial charge on any atom is 0.273 e. The van der Waals surface area contributed by atoms with Crippen LogP contribution < -0.4 is 14.8 Å². The number of carbonyl (C=O) groups excluding carboxylic acids is 1. The van der Waals surface area contributed by atoms with Crippen LogP contribution in [-0.4, -0.2) is 29.5 Å². The molecule has 24 heavy (non-hydrogen) atoms. The maximum atomic E-state index is 12.0. The molecule has 2 N–H and O–H groups in total. The van der Waals surface area contributed by atoms with Crippen LogP contribution in [0, 0.1) is 0 Å². The lowest BCUT2D eigenvalue weighted by atomic mass is 10.1. The Morgan fingerprint density at radius 3 is 2.96 bits per heavy atom. The van der Waals surface area contributed by atoms with Crippen molar-refractivity contribution in [3.63, 3.8) is 0 Å². The lowest BCUT2D eigenvalue weighted by Gasteiger charge is -2.11. The van der Waals surface area contributed by atoms with Crippen molar-refractivity contribution in [2.75, 3.05) is 13.3 Å². The van der Waals surface area contributed by atoms with E-state index in [0.29, 0.717) is 30.4 Å². The highest BCUT2D eigenvalue weighted by molar-refractivity contribution is 5.92. The molecule has 4 rings (SSSR count). The molecular weight excluding hydrogens is 312 g/mol. The van der Waals surface area contributed by atoms with Gasteiger partial charge in [0.2, 0.25) is 6.79 Å². The second kappa shape index (κ2) is 6.16. The van der Waals surface area contributed by atoms with Crippen LogP contribution in [0.25, 0.3) is 0 Å². The summed E-state index contributed by atoms with van der Waals surface area (Å²) in [4.78, 5) is 12.0. The molecule has 1 saturated carbocycles. The summed E-state index contributed by atoms with van der Waals surface area (Å²) >= 11 is 0. The van der Waals surface area contributed by atoms with E-state index in [9.17, 15) is 9.90 Å². The van der Waals surface area contributed by atoms with Gasteiger partial charge in [-0.3, -0.25) is 4.79 Å². The van der Waals surface area contributed by atoms with Gasteiger partial charge in [0.15, 0.2) is 17.2 Å². The Balaban J connectivity index is 1.29. The molecule has 7 heteroatoms. The van der Waals surface area contributed by atoms with Gasteiger partial charge in [0.25, 0.3) is 5.91 Å². The van der Waals surface area contributed by atoms with Crippen LogP contribution >= 0.6 is 0 Å². The number of aliphatic hydroxyl groups excluding tert-OH is 1. The molecule has 2 aromatic rings. The largest absolute Gasteiger partial charge is 0.454 e. The minimum absolute atomic E-state index is 0.200. The van der Waals surface area contributed by atoms with Gasteiger partial charge in [-0.1, -0.05) is 11.2 Å². The van der Waals surface area contributed by atoms with E-state index in [-0.39, 0.29) is 18.4 Å². The maximum absolute atomic E-state index is 12.0. The van der Waals surface area contributed by atoms with Gasteiger partial charge in [-0.15, -0.1) is 0 Å². The fourth-order valence-electron chi connectivity index (χ4n) is 2.66. The zero-order chi connectivity index (χ0) is 16.5. The zero-order valence-electron chi connectivity index (χ0n) is 13.0. The third-order valence-corrected chi connectivity index (χ3v) is 4.23. The predicted molar refractivity (Wildman–Crippen MR) is 83.0 cm³/mol. The Morgan fingerprint density at radius 2 is 2.12 bits per heavy atom. The van der Waals surface area contributed by atoms with Gasteiger partial charge in [0, 0.05) is 18.5 Å². The topological polar surface area (TPSA) is 93.8 Å². The normalized spacial score (nSPS) is 16.9. The quantitative estimate of drug-likeness (QED) is 0.843. The van der Waals surface area contributed by atoms with Gasteiger partial charge >= 0.3 is 0 Å². The second-order valence-electron chi connectivity index (χ2n) is 6.06. The number of fused-ring (bicyclic) bond motifs is 1. The number of benzene rings is 1. The minimum atomic E-state index is -0.695. The first-order valence-corrected chi connectivity index (χ1v) is 8.03. The smallest absolute Gasteiger partial charge is 0.273 e. The molecular formula is C17H18N2O5. The minimum Gasteiger partial charge on any atom is -0.454 e. The van der Waals surface area contributed by atoms with Crippen LogP contribution in [0.2, 0.25) is 0 Å². The monoisotopic (exact) mass is 330 g/mol. The average molecular weight is 330 g/mol. The Labute approximate surface area is 138 Å². The summed E-state index contributed by atoms with van der Waals surface area (Å²) in [6.45, 7) is 0.533. The third-order valence-electron chi connectivity index (χ3n) is 4.23. The Hall–Kier alpha value is -2.54. The number of aromatic nitrogens is 1. The molecule has 1 aromatic carbocycles. The van der Waals surface area contributed by atoms with Gasteiger partial charge in [-0.25, -0.2) is 0 Å². The van der Waals surface area contributed by atoms with E-state index < -0.39 is 6.10 Å². The first kappa shape index (κ1) is 15.0. The Bertz CT molecular complexity index is 753. The Morgan fingerprint density at radius 1 is 1.29 bits per heavy atom. The summed E-state index contributed by atoms with van der Waals surface area (Å²) in [5.74, 6) is 2.22. The van der Waals surface area contributed by atoms with Crippen molar-refractivity contribution in [3.05, 3.63) is 41.3 Å². The van der Waals surface area contributed by atoms with Crippen LogP contribution in [0.5, 0.6) is 11.5 Å². The molecule has 0 unspecified atom stereocenters. The molecule has 126 valence electrons. The number of carbonyl (C=O) groups is 1. The number of ether oxygens (including phenoxy) is 2. The molecule has 0 saturated heterocycles. The first-order chi connectivity index (χ1) is 11.7. The molecule has 1 aliphatic carbocycles. The second-order valence-corrected chi connectivity index (χ2v) is 6.06. The van der Waals surface area contributed by atoms with Crippen molar-refractivity contribution in [1.29, 1.82) is 0 Å². The molecule has 0 spiro atoms. The molecule has 1 amide bonds. The zero-order valence-corrected chi connectivity index (χ0v) is 13.0.